The van der Waals surface area contributed by atoms with E-state index < -0.39 is 0 Å². The summed E-state index contributed by atoms with van der Waals surface area (Å²) >= 11 is 1.55. The Morgan fingerprint density at radius 3 is 3.11 bits per heavy atom. The summed E-state index contributed by atoms with van der Waals surface area (Å²) in [6.07, 6.45) is 4.57. The van der Waals surface area contributed by atoms with Crippen LogP contribution in [-0.2, 0) is 6.54 Å². The van der Waals surface area contributed by atoms with Gasteiger partial charge >= 0.3 is 0 Å². The van der Waals surface area contributed by atoms with E-state index in [1.165, 1.54) is 5.56 Å². The second-order valence-corrected chi connectivity index (χ2v) is 7.00. The predicted octanol–water partition coefficient (Wildman–Crippen LogP) is 3.19. The molecule has 27 heavy (non-hydrogen) atoms. The van der Waals surface area contributed by atoms with Gasteiger partial charge in [-0.2, -0.15) is 0 Å². The molecule has 0 radical (unpaired) electrons. The normalized spacial score (nSPS) is 11.1. The molecule has 4 rings (SSSR count). The molecule has 0 aliphatic heterocycles. The number of amides is 1. The monoisotopic (exact) mass is 381 g/mol. The average molecular weight is 381 g/mol. The van der Waals surface area contributed by atoms with Crippen LogP contribution in [0.3, 0.4) is 0 Å². The van der Waals surface area contributed by atoms with Gasteiger partial charge in [0.2, 0.25) is 0 Å². The van der Waals surface area contributed by atoms with Gasteiger partial charge in [-0.25, -0.2) is 4.98 Å². The Bertz CT molecular complexity index is 1020. The van der Waals surface area contributed by atoms with Gasteiger partial charge in [0.25, 0.3) is 5.91 Å². The number of nitrogens with zero attached hydrogens (tertiary/aromatic N) is 2. The van der Waals surface area contributed by atoms with Gasteiger partial charge in [-0.1, -0.05) is 11.2 Å². The fraction of sp³-hybridized carbons (Fsp3) is 0.211. The SMILES string of the molecule is O=C(NCCCNCc1c[nH]c2ncccc12)c1cc(-c2cccs2)on1. The van der Waals surface area contributed by atoms with Crippen LogP contribution >= 0.6 is 11.3 Å². The number of rotatable bonds is 8. The molecule has 8 heteroatoms. The summed E-state index contributed by atoms with van der Waals surface area (Å²) in [5, 5.41) is 13.2. The Morgan fingerprint density at radius 1 is 1.26 bits per heavy atom. The Hall–Kier alpha value is -2.97. The Morgan fingerprint density at radius 2 is 2.22 bits per heavy atom. The lowest BCUT2D eigenvalue weighted by Crippen LogP contribution is -2.27. The molecule has 0 saturated carbocycles. The van der Waals surface area contributed by atoms with E-state index >= 15 is 0 Å². The Kier molecular flexibility index (Phi) is 5.27. The summed E-state index contributed by atoms with van der Waals surface area (Å²) in [7, 11) is 0. The fourth-order valence-corrected chi connectivity index (χ4v) is 3.48. The molecule has 0 aromatic carbocycles. The first kappa shape index (κ1) is 17.4. The summed E-state index contributed by atoms with van der Waals surface area (Å²) in [5.41, 5.74) is 2.39. The smallest absolute Gasteiger partial charge is 0.273 e. The molecular formula is C19H19N5O2S. The van der Waals surface area contributed by atoms with Gasteiger partial charge in [0.1, 0.15) is 5.65 Å². The zero-order chi connectivity index (χ0) is 18.5. The van der Waals surface area contributed by atoms with Crippen LogP contribution in [0.25, 0.3) is 21.7 Å². The highest BCUT2D eigenvalue weighted by Crippen LogP contribution is 2.25. The zero-order valence-corrected chi connectivity index (χ0v) is 15.4. The van der Waals surface area contributed by atoms with E-state index in [2.05, 4.69) is 31.8 Å². The van der Waals surface area contributed by atoms with E-state index in [1.807, 2.05) is 29.8 Å². The van der Waals surface area contributed by atoms with E-state index in [4.69, 9.17) is 4.52 Å². The van der Waals surface area contributed by atoms with Crippen molar-refractivity contribution in [2.75, 3.05) is 13.1 Å². The number of H-pyrrole nitrogens is 1. The van der Waals surface area contributed by atoms with Crippen molar-refractivity contribution in [2.45, 2.75) is 13.0 Å². The van der Waals surface area contributed by atoms with E-state index in [0.717, 1.165) is 35.4 Å². The fourth-order valence-electron chi connectivity index (χ4n) is 2.80. The average Bonchev–Trinajstić information content (AvgIpc) is 3.44. The standard InChI is InChI=1S/C19H19N5O2S/c25-19(15-10-16(26-24-15)17-5-2-9-27-17)22-8-3-6-20-11-13-12-23-18-14(13)4-1-7-21-18/h1-2,4-5,7,9-10,12,20H,3,6,8,11H2,(H,21,23)(H,22,25). The number of thiophene rings is 1. The maximum Gasteiger partial charge on any atom is 0.273 e. The highest BCUT2D eigenvalue weighted by Gasteiger charge is 2.13. The molecule has 0 aliphatic carbocycles. The van der Waals surface area contributed by atoms with Crippen LogP contribution in [0.15, 0.2) is 52.6 Å². The molecule has 7 nitrogen and oxygen atoms in total. The minimum Gasteiger partial charge on any atom is -0.355 e. The quantitative estimate of drug-likeness (QED) is 0.407. The third-order valence-electron chi connectivity index (χ3n) is 4.17. The largest absolute Gasteiger partial charge is 0.355 e. The minimum atomic E-state index is -0.218. The first-order valence-corrected chi connectivity index (χ1v) is 9.60. The summed E-state index contributed by atoms with van der Waals surface area (Å²) in [6, 6.07) is 9.52. The van der Waals surface area contributed by atoms with Gasteiger partial charge < -0.3 is 20.1 Å². The van der Waals surface area contributed by atoms with E-state index in [9.17, 15) is 4.79 Å². The van der Waals surface area contributed by atoms with Gasteiger partial charge in [-0.05, 0) is 42.1 Å². The number of hydrogen-bond acceptors (Lipinski definition) is 6. The lowest BCUT2D eigenvalue weighted by atomic mass is 10.2. The van der Waals surface area contributed by atoms with Crippen LogP contribution in [-0.4, -0.2) is 34.1 Å². The zero-order valence-electron chi connectivity index (χ0n) is 14.6. The number of hydrogen-bond donors (Lipinski definition) is 3. The number of carbonyl (C=O) groups is 1. The molecule has 0 spiro atoms. The molecule has 0 unspecified atom stereocenters. The van der Waals surface area contributed by atoms with Crippen LogP contribution in [0.4, 0.5) is 0 Å². The molecule has 0 atom stereocenters. The Labute approximate surface area is 159 Å². The molecule has 0 bridgehead atoms. The maximum absolute atomic E-state index is 12.1. The summed E-state index contributed by atoms with van der Waals surface area (Å²) < 4.78 is 5.23. The molecule has 0 saturated heterocycles. The van der Waals surface area contributed by atoms with Crippen molar-refractivity contribution in [3.05, 3.63) is 59.4 Å². The minimum absolute atomic E-state index is 0.218. The molecule has 4 aromatic rings. The van der Waals surface area contributed by atoms with Crippen molar-refractivity contribution in [2.24, 2.45) is 0 Å². The highest BCUT2D eigenvalue weighted by atomic mass is 32.1. The highest BCUT2D eigenvalue weighted by molar-refractivity contribution is 7.13. The third kappa shape index (κ3) is 4.07. The summed E-state index contributed by atoms with van der Waals surface area (Å²) in [4.78, 5) is 20.5. The molecule has 1 amide bonds. The van der Waals surface area contributed by atoms with Crippen LogP contribution in [0.1, 0.15) is 22.5 Å². The van der Waals surface area contributed by atoms with Gasteiger partial charge in [0.05, 0.1) is 4.88 Å². The van der Waals surface area contributed by atoms with Crippen molar-refractivity contribution in [1.29, 1.82) is 0 Å². The Balaban J connectivity index is 1.18. The van der Waals surface area contributed by atoms with Crippen molar-refractivity contribution in [1.82, 2.24) is 25.8 Å². The maximum atomic E-state index is 12.1. The van der Waals surface area contributed by atoms with Gasteiger partial charge in [-0.15, -0.1) is 11.3 Å². The first-order valence-electron chi connectivity index (χ1n) is 8.72. The molecule has 4 heterocycles. The van der Waals surface area contributed by atoms with Crippen LogP contribution in [0.5, 0.6) is 0 Å². The topological polar surface area (TPSA) is 95.8 Å². The second-order valence-electron chi connectivity index (χ2n) is 6.05. The van der Waals surface area contributed by atoms with Gasteiger partial charge in [0.15, 0.2) is 11.5 Å². The van der Waals surface area contributed by atoms with Crippen LogP contribution in [0.2, 0.25) is 0 Å². The van der Waals surface area contributed by atoms with Gasteiger partial charge in [-0.3, -0.25) is 4.79 Å². The molecule has 0 fully saturated rings. The molecule has 138 valence electrons. The van der Waals surface area contributed by atoms with E-state index in [1.54, 1.807) is 23.6 Å². The first-order chi connectivity index (χ1) is 13.3. The van der Waals surface area contributed by atoms with Crippen LogP contribution < -0.4 is 10.6 Å². The van der Waals surface area contributed by atoms with Crippen molar-refractivity contribution < 1.29 is 9.32 Å². The third-order valence-corrected chi connectivity index (χ3v) is 5.06. The summed E-state index contributed by atoms with van der Waals surface area (Å²) in [5.74, 6) is 0.397. The molecule has 4 aromatic heterocycles. The van der Waals surface area contributed by atoms with Crippen molar-refractivity contribution >= 4 is 28.3 Å². The van der Waals surface area contributed by atoms with Crippen LogP contribution in [0, 0.1) is 0 Å². The lowest BCUT2D eigenvalue weighted by Gasteiger charge is -2.05. The second kappa shape index (κ2) is 8.15. The number of fused-ring (bicyclic) bond motifs is 1. The number of aromatic nitrogens is 3. The number of pyridine rings is 1. The van der Waals surface area contributed by atoms with Crippen molar-refractivity contribution in [3.63, 3.8) is 0 Å². The number of nitrogens with one attached hydrogen (secondary N) is 3. The summed E-state index contributed by atoms with van der Waals surface area (Å²) in [6.45, 7) is 2.13. The van der Waals surface area contributed by atoms with Crippen molar-refractivity contribution in [3.8, 4) is 10.6 Å². The lowest BCUT2D eigenvalue weighted by molar-refractivity contribution is 0.0944. The van der Waals surface area contributed by atoms with E-state index in [0.29, 0.717) is 18.0 Å². The number of carbonyl (C=O) groups excluding carboxylic acids is 1. The predicted molar refractivity (Wildman–Crippen MR) is 105 cm³/mol. The molecule has 0 aliphatic rings. The molecule has 3 N–H and O–H groups in total. The van der Waals surface area contributed by atoms with E-state index in [-0.39, 0.29) is 5.91 Å². The number of aromatic amines is 1. The molecular weight excluding hydrogens is 362 g/mol. The van der Waals surface area contributed by atoms with Gasteiger partial charge in [0, 0.05) is 36.9 Å².